The number of tetrazole rings is 1. The Labute approximate surface area is 134 Å². The van der Waals surface area contributed by atoms with Gasteiger partial charge in [0.2, 0.25) is 5.91 Å². The highest BCUT2D eigenvalue weighted by Gasteiger charge is 2.24. The van der Waals surface area contributed by atoms with Gasteiger partial charge in [0.05, 0.1) is 6.04 Å². The summed E-state index contributed by atoms with van der Waals surface area (Å²) in [4.78, 5) is 24.9. The molecule has 1 atom stereocenters. The molecule has 0 unspecified atom stereocenters. The second-order valence-corrected chi connectivity index (χ2v) is 5.41. The normalized spacial score (nSPS) is 12.0. The van der Waals surface area contributed by atoms with Gasteiger partial charge in [-0.05, 0) is 23.3 Å². The molecule has 0 saturated carbocycles. The van der Waals surface area contributed by atoms with Gasteiger partial charge in [-0.2, -0.15) is 4.80 Å². The van der Waals surface area contributed by atoms with Crippen molar-refractivity contribution < 1.29 is 9.59 Å². The van der Waals surface area contributed by atoms with Gasteiger partial charge in [-0.25, -0.2) is 0 Å². The number of rotatable bonds is 6. The van der Waals surface area contributed by atoms with Gasteiger partial charge in [0.15, 0.2) is 5.82 Å². The largest absolute Gasteiger partial charge is 0.358 e. The van der Waals surface area contributed by atoms with Crippen molar-refractivity contribution in [2.24, 2.45) is 5.92 Å². The summed E-state index contributed by atoms with van der Waals surface area (Å²) in [5, 5.41) is 17.4. The number of nitrogens with one attached hydrogen (secondary N) is 2. The first-order chi connectivity index (χ1) is 11.0. The monoisotopic (exact) mass is 316 g/mol. The van der Waals surface area contributed by atoms with Crippen molar-refractivity contribution in [1.82, 2.24) is 30.8 Å². The van der Waals surface area contributed by atoms with Crippen LogP contribution in [0, 0.1) is 5.92 Å². The molecule has 0 saturated heterocycles. The lowest BCUT2D eigenvalue weighted by atomic mass is 10.0. The Bertz CT molecular complexity index is 668. The Balaban J connectivity index is 2.13. The number of aromatic nitrogens is 4. The summed E-state index contributed by atoms with van der Waals surface area (Å²) < 4.78 is 0. The zero-order valence-electron chi connectivity index (χ0n) is 13.4. The van der Waals surface area contributed by atoms with Gasteiger partial charge in [-0.1, -0.05) is 32.0 Å². The lowest BCUT2D eigenvalue weighted by Crippen LogP contribution is -2.32. The molecule has 0 fully saturated rings. The highest BCUT2D eigenvalue weighted by atomic mass is 16.2. The maximum Gasteiger partial charge on any atom is 0.251 e. The number of carbonyl (C=O) groups is 2. The van der Waals surface area contributed by atoms with E-state index < -0.39 is 0 Å². The van der Waals surface area contributed by atoms with Crippen LogP contribution >= 0.6 is 0 Å². The molecule has 122 valence electrons. The zero-order chi connectivity index (χ0) is 16.8. The summed E-state index contributed by atoms with van der Waals surface area (Å²) in [5.74, 6) is 0.0313. The minimum atomic E-state index is -0.388. The van der Waals surface area contributed by atoms with Crippen LogP contribution < -0.4 is 10.6 Å². The predicted molar refractivity (Wildman–Crippen MR) is 83.4 cm³/mol. The van der Waals surface area contributed by atoms with Crippen molar-refractivity contribution in [1.29, 1.82) is 0 Å². The van der Waals surface area contributed by atoms with Gasteiger partial charge in [0.1, 0.15) is 6.54 Å². The summed E-state index contributed by atoms with van der Waals surface area (Å²) in [5.41, 5.74) is 0.566. The number of hydrogen-bond acceptors (Lipinski definition) is 5. The molecule has 2 N–H and O–H groups in total. The van der Waals surface area contributed by atoms with E-state index in [0.717, 1.165) is 0 Å². The Hall–Kier alpha value is -2.77. The van der Waals surface area contributed by atoms with Crippen LogP contribution in [0.1, 0.15) is 36.1 Å². The summed E-state index contributed by atoms with van der Waals surface area (Å²) in [6.45, 7) is 3.89. The Morgan fingerprint density at radius 2 is 1.91 bits per heavy atom. The van der Waals surface area contributed by atoms with E-state index in [4.69, 9.17) is 0 Å². The van der Waals surface area contributed by atoms with E-state index in [2.05, 4.69) is 26.0 Å². The van der Waals surface area contributed by atoms with Gasteiger partial charge in [-0.3, -0.25) is 9.59 Å². The first-order valence-corrected chi connectivity index (χ1v) is 7.35. The minimum Gasteiger partial charge on any atom is -0.358 e. The fraction of sp³-hybridized carbons (Fsp3) is 0.400. The van der Waals surface area contributed by atoms with Crippen LogP contribution in [0.4, 0.5) is 0 Å². The van der Waals surface area contributed by atoms with Crippen LogP contribution in [-0.4, -0.2) is 39.1 Å². The molecule has 2 aromatic rings. The lowest BCUT2D eigenvalue weighted by Gasteiger charge is -2.19. The first kappa shape index (κ1) is 16.6. The van der Waals surface area contributed by atoms with Crippen LogP contribution in [0.3, 0.4) is 0 Å². The summed E-state index contributed by atoms with van der Waals surface area (Å²) in [6, 6.07) is 8.54. The van der Waals surface area contributed by atoms with Crippen LogP contribution in [-0.2, 0) is 11.3 Å². The van der Waals surface area contributed by atoms with Crippen molar-refractivity contribution in [3.05, 3.63) is 41.7 Å². The van der Waals surface area contributed by atoms with Crippen molar-refractivity contribution in [3.8, 4) is 0 Å². The summed E-state index contributed by atoms with van der Waals surface area (Å²) in [7, 11) is 1.54. The molecule has 23 heavy (non-hydrogen) atoms. The van der Waals surface area contributed by atoms with Crippen LogP contribution in [0.25, 0.3) is 0 Å². The van der Waals surface area contributed by atoms with Crippen LogP contribution in [0.2, 0.25) is 0 Å². The quantitative estimate of drug-likeness (QED) is 0.810. The molecule has 0 radical (unpaired) electrons. The standard InChI is InChI=1S/C15H20N6O2/c1-10(2)13(17-15(23)11-7-5-4-6-8-11)14-18-20-21(19-14)9-12(22)16-3/h4-8,10,13H,9H2,1-3H3,(H,16,22)(H,17,23)/t13-/m0/s1. The van der Waals surface area contributed by atoms with Gasteiger partial charge in [0, 0.05) is 12.6 Å². The average Bonchev–Trinajstić information content (AvgIpc) is 3.00. The van der Waals surface area contributed by atoms with E-state index in [1.54, 1.807) is 24.3 Å². The molecule has 8 nitrogen and oxygen atoms in total. The molecule has 8 heteroatoms. The molecule has 0 spiro atoms. The number of hydrogen-bond donors (Lipinski definition) is 2. The first-order valence-electron chi connectivity index (χ1n) is 7.35. The van der Waals surface area contributed by atoms with E-state index in [1.807, 2.05) is 19.9 Å². The number of likely N-dealkylation sites (N-methyl/N-ethyl adjacent to an activating group) is 1. The third-order valence-electron chi connectivity index (χ3n) is 3.30. The number of carbonyl (C=O) groups excluding carboxylic acids is 2. The van der Waals surface area contributed by atoms with E-state index >= 15 is 0 Å². The van der Waals surface area contributed by atoms with E-state index in [-0.39, 0.29) is 30.3 Å². The van der Waals surface area contributed by atoms with Gasteiger partial charge < -0.3 is 10.6 Å². The second-order valence-electron chi connectivity index (χ2n) is 5.41. The maximum atomic E-state index is 12.3. The molecule has 1 heterocycles. The third kappa shape index (κ3) is 4.35. The molecular formula is C15H20N6O2. The van der Waals surface area contributed by atoms with Gasteiger partial charge in [-0.15, -0.1) is 10.2 Å². The smallest absolute Gasteiger partial charge is 0.251 e. The third-order valence-corrected chi connectivity index (χ3v) is 3.30. The maximum absolute atomic E-state index is 12.3. The highest BCUT2D eigenvalue weighted by Crippen LogP contribution is 2.18. The molecule has 1 aromatic carbocycles. The highest BCUT2D eigenvalue weighted by molar-refractivity contribution is 5.94. The van der Waals surface area contributed by atoms with Crippen molar-refractivity contribution in [2.75, 3.05) is 7.05 Å². The molecule has 2 amide bonds. The predicted octanol–water partition coefficient (Wildman–Crippen LogP) is 0.546. The summed E-state index contributed by atoms with van der Waals surface area (Å²) >= 11 is 0. The number of nitrogens with zero attached hydrogens (tertiary/aromatic N) is 4. The molecule has 2 rings (SSSR count). The van der Waals surface area contributed by atoms with Crippen molar-refractivity contribution in [2.45, 2.75) is 26.4 Å². The van der Waals surface area contributed by atoms with Crippen LogP contribution in [0.15, 0.2) is 30.3 Å². The topological polar surface area (TPSA) is 102 Å². The average molecular weight is 316 g/mol. The second kappa shape index (κ2) is 7.48. The van der Waals surface area contributed by atoms with E-state index in [0.29, 0.717) is 11.4 Å². The molecule has 1 aromatic heterocycles. The van der Waals surface area contributed by atoms with E-state index in [1.165, 1.54) is 11.8 Å². The number of benzene rings is 1. The minimum absolute atomic E-state index is 0.0129. The fourth-order valence-electron chi connectivity index (χ4n) is 2.00. The van der Waals surface area contributed by atoms with Gasteiger partial charge >= 0.3 is 0 Å². The molecule has 0 aliphatic heterocycles. The van der Waals surface area contributed by atoms with Crippen molar-refractivity contribution in [3.63, 3.8) is 0 Å². The SMILES string of the molecule is CNC(=O)Cn1nnc([C@@H](NC(=O)c2ccccc2)C(C)C)n1. The Kier molecular flexibility index (Phi) is 5.40. The lowest BCUT2D eigenvalue weighted by molar-refractivity contribution is -0.121. The fourth-order valence-corrected chi connectivity index (χ4v) is 2.00. The molecular weight excluding hydrogens is 296 g/mol. The molecule has 0 aliphatic carbocycles. The number of amides is 2. The van der Waals surface area contributed by atoms with Crippen LogP contribution in [0.5, 0.6) is 0 Å². The van der Waals surface area contributed by atoms with E-state index in [9.17, 15) is 9.59 Å². The Morgan fingerprint density at radius 1 is 1.22 bits per heavy atom. The molecule has 0 aliphatic rings. The van der Waals surface area contributed by atoms with Gasteiger partial charge in [0.25, 0.3) is 5.91 Å². The molecule has 0 bridgehead atoms. The summed E-state index contributed by atoms with van der Waals surface area (Å²) in [6.07, 6.45) is 0. The Morgan fingerprint density at radius 3 is 2.52 bits per heavy atom. The van der Waals surface area contributed by atoms with Crippen molar-refractivity contribution >= 4 is 11.8 Å². The zero-order valence-corrected chi connectivity index (χ0v) is 13.4.